The van der Waals surface area contributed by atoms with Gasteiger partial charge in [-0.3, -0.25) is 4.79 Å². The van der Waals surface area contributed by atoms with Gasteiger partial charge in [-0.2, -0.15) is 0 Å². The van der Waals surface area contributed by atoms with Crippen LogP contribution in [0.2, 0.25) is 0 Å². The number of carbonyl (C=O) groups excluding carboxylic acids is 2. The highest BCUT2D eigenvalue weighted by Crippen LogP contribution is 2.29. The fraction of sp³-hybridized carbons (Fsp3) is 0.667. The van der Waals surface area contributed by atoms with Gasteiger partial charge < -0.3 is 29.5 Å². The Hall–Kier alpha value is -2.48. The fourth-order valence-electron chi connectivity index (χ4n) is 4.56. The Morgan fingerprint density at radius 1 is 1.16 bits per heavy atom. The van der Waals surface area contributed by atoms with Crippen LogP contribution >= 0.6 is 0 Å². The summed E-state index contributed by atoms with van der Waals surface area (Å²) >= 11 is 0. The number of ether oxygens (including phenoxy) is 2. The molecule has 0 saturated carbocycles. The second kappa shape index (κ2) is 11.4. The summed E-state index contributed by atoms with van der Waals surface area (Å²) in [5, 5.41) is 2.94. The molecule has 1 atom stereocenters. The zero-order valence-electron chi connectivity index (χ0n) is 19.9. The van der Waals surface area contributed by atoms with Crippen LogP contribution in [0.3, 0.4) is 0 Å². The van der Waals surface area contributed by atoms with Gasteiger partial charge in [-0.15, -0.1) is 0 Å². The van der Waals surface area contributed by atoms with Crippen molar-refractivity contribution in [3.63, 3.8) is 0 Å². The van der Waals surface area contributed by atoms with Crippen LogP contribution < -0.4 is 14.8 Å². The molecule has 0 spiro atoms. The molecule has 2 fully saturated rings. The molecule has 0 radical (unpaired) electrons. The minimum Gasteiger partial charge on any atom is -0.497 e. The van der Waals surface area contributed by atoms with Gasteiger partial charge in [0.25, 0.3) is 0 Å². The van der Waals surface area contributed by atoms with Crippen molar-refractivity contribution in [2.75, 3.05) is 58.8 Å². The maximum absolute atomic E-state index is 13.0. The molecule has 1 unspecified atom stereocenters. The number of anilines is 1. The number of hydrogen-bond acceptors (Lipinski definition) is 5. The first-order chi connectivity index (χ1) is 15.4. The van der Waals surface area contributed by atoms with Gasteiger partial charge in [-0.1, -0.05) is 13.8 Å². The highest BCUT2D eigenvalue weighted by atomic mass is 16.5. The van der Waals surface area contributed by atoms with E-state index in [1.54, 1.807) is 37.3 Å². The average molecular weight is 447 g/mol. The van der Waals surface area contributed by atoms with Crippen molar-refractivity contribution in [1.29, 1.82) is 0 Å². The first-order valence-corrected chi connectivity index (χ1v) is 11.7. The van der Waals surface area contributed by atoms with Crippen LogP contribution in [-0.2, 0) is 4.79 Å². The number of carbonyl (C=O) groups is 2. The maximum Gasteiger partial charge on any atom is 0.322 e. The standard InChI is InChI=1S/C24H38N4O4/c1-18(2)23(29)28(14-7-13-26-11-5-6-12-26)19-10-15-27(17-19)24(30)25-21-16-20(31-3)8-9-22(21)32-4/h8-9,16,18-19H,5-7,10-15,17H2,1-4H3,(H,25,30). The molecule has 2 saturated heterocycles. The number of amides is 3. The van der Waals surface area contributed by atoms with E-state index in [1.165, 1.54) is 25.9 Å². The molecule has 178 valence electrons. The van der Waals surface area contributed by atoms with E-state index in [-0.39, 0.29) is 23.9 Å². The van der Waals surface area contributed by atoms with E-state index in [9.17, 15) is 9.59 Å². The molecule has 8 heteroatoms. The molecule has 8 nitrogen and oxygen atoms in total. The lowest BCUT2D eigenvalue weighted by Crippen LogP contribution is -2.46. The lowest BCUT2D eigenvalue weighted by Gasteiger charge is -2.31. The topological polar surface area (TPSA) is 74.4 Å². The minimum absolute atomic E-state index is 0.0503. The number of nitrogens with one attached hydrogen (secondary N) is 1. The van der Waals surface area contributed by atoms with Crippen LogP contribution in [0.5, 0.6) is 11.5 Å². The van der Waals surface area contributed by atoms with Gasteiger partial charge in [0.15, 0.2) is 0 Å². The van der Waals surface area contributed by atoms with Crippen LogP contribution in [0.25, 0.3) is 0 Å². The van der Waals surface area contributed by atoms with E-state index in [2.05, 4.69) is 10.2 Å². The number of likely N-dealkylation sites (tertiary alicyclic amines) is 2. The molecule has 2 aliphatic rings. The molecular weight excluding hydrogens is 408 g/mol. The van der Waals surface area contributed by atoms with E-state index >= 15 is 0 Å². The Morgan fingerprint density at radius 3 is 2.56 bits per heavy atom. The molecule has 1 aromatic rings. The molecule has 2 heterocycles. The van der Waals surface area contributed by atoms with Crippen molar-refractivity contribution in [1.82, 2.24) is 14.7 Å². The third kappa shape index (κ3) is 6.06. The third-order valence-electron chi connectivity index (χ3n) is 6.39. The maximum atomic E-state index is 13.0. The quantitative estimate of drug-likeness (QED) is 0.630. The predicted octanol–water partition coefficient (Wildman–Crippen LogP) is 3.28. The normalized spacial score (nSPS) is 18.8. The lowest BCUT2D eigenvalue weighted by molar-refractivity contribution is -0.136. The molecule has 0 aliphatic carbocycles. The van der Waals surface area contributed by atoms with Gasteiger partial charge in [0.2, 0.25) is 5.91 Å². The van der Waals surface area contributed by atoms with Crippen LogP contribution in [0, 0.1) is 5.92 Å². The molecular formula is C24H38N4O4. The summed E-state index contributed by atoms with van der Waals surface area (Å²) < 4.78 is 10.6. The number of benzene rings is 1. The first-order valence-electron chi connectivity index (χ1n) is 11.7. The van der Waals surface area contributed by atoms with Crippen LogP contribution in [-0.4, -0.2) is 86.2 Å². The highest BCUT2D eigenvalue weighted by Gasteiger charge is 2.33. The number of methoxy groups -OCH3 is 2. The molecule has 1 N–H and O–H groups in total. The number of hydrogen-bond donors (Lipinski definition) is 1. The fourth-order valence-corrected chi connectivity index (χ4v) is 4.56. The number of rotatable bonds is 9. The first kappa shape index (κ1) is 24.2. The zero-order chi connectivity index (χ0) is 23.1. The molecule has 0 bridgehead atoms. The van der Waals surface area contributed by atoms with E-state index < -0.39 is 0 Å². The van der Waals surface area contributed by atoms with Gasteiger partial charge in [0, 0.05) is 31.6 Å². The van der Waals surface area contributed by atoms with Crippen molar-refractivity contribution in [3.8, 4) is 11.5 Å². The van der Waals surface area contributed by atoms with Gasteiger partial charge in [0.1, 0.15) is 11.5 Å². The van der Waals surface area contributed by atoms with Crippen LogP contribution in [0.4, 0.5) is 10.5 Å². The summed E-state index contributed by atoms with van der Waals surface area (Å²) in [6.45, 7) is 9.18. The van der Waals surface area contributed by atoms with Crippen LogP contribution in [0.1, 0.15) is 39.5 Å². The van der Waals surface area contributed by atoms with Gasteiger partial charge in [-0.25, -0.2) is 4.79 Å². The van der Waals surface area contributed by atoms with Gasteiger partial charge in [0.05, 0.1) is 25.9 Å². The molecule has 32 heavy (non-hydrogen) atoms. The SMILES string of the molecule is COc1ccc(OC)c(NC(=O)N2CCC(N(CCCN3CCCC3)C(=O)C(C)C)C2)c1. The second-order valence-electron chi connectivity index (χ2n) is 8.97. The van der Waals surface area contributed by atoms with E-state index in [1.807, 2.05) is 18.7 Å². The van der Waals surface area contributed by atoms with E-state index in [0.29, 0.717) is 30.3 Å². The summed E-state index contributed by atoms with van der Waals surface area (Å²) in [5.41, 5.74) is 0.570. The summed E-state index contributed by atoms with van der Waals surface area (Å²) in [6, 6.07) is 5.18. The van der Waals surface area contributed by atoms with E-state index in [4.69, 9.17) is 9.47 Å². The number of nitrogens with zero attached hydrogens (tertiary/aromatic N) is 3. The molecule has 2 aliphatic heterocycles. The van der Waals surface area contributed by atoms with Gasteiger partial charge >= 0.3 is 6.03 Å². The number of urea groups is 1. The largest absolute Gasteiger partial charge is 0.497 e. The van der Waals surface area contributed by atoms with E-state index in [0.717, 1.165) is 25.9 Å². The smallest absolute Gasteiger partial charge is 0.322 e. The average Bonchev–Trinajstić information content (AvgIpc) is 3.48. The Kier molecular flexibility index (Phi) is 8.61. The Morgan fingerprint density at radius 2 is 1.91 bits per heavy atom. The van der Waals surface area contributed by atoms with Gasteiger partial charge in [-0.05, 0) is 57.5 Å². The van der Waals surface area contributed by atoms with Crippen molar-refractivity contribution in [2.45, 2.75) is 45.6 Å². The van der Waals surface area contributed by atoms with Crippen LogP contribution in [0.15, 0.2) is 18.2 Å². The summed E-state index contributed by atoms with van der Waals surface area (Å²) in [6.07, 6.45) is 4.33. The second-order valence-corrected chi connectivity index (χ2v) is 8.97. The van der Waals surface area contributed by atoms with Crippen molar-refractivity contribution in [2.24, 2.45) is 5.92 Å². The molecule has 1 aromatic carbocycles. The molecule has 0 aromatic heterocycles. The minimum atomic E-state index is -0.187. The molecule has 3 rings (SSSR count). The Labute approximate surface area is 191 Å². The lowest BCUT2D eigenvalue weighted by atomic mass is 10.1. The summed E-state index contributed by atoms with van der Waals surface area (Å²) in [5.74, 6) is 1.35. The zero-order valence-corrected chi connectivity index (χ0v) is 19.9. The summed E-state index contributed by atoms with van der Waals surface area (Å²) in [7, 11) is 3.16. The van der Waals surface area contributed by atoms with Crippen molar-refractivity contribution in [3.05, 3.63) is 18.2 Å². The third-order valence-corrected chi connectivity index (χ3v) is 6.39. The Bertz CT molecular complexity index is 779. The Balaban J connectivity index is 1.60. The van der Waals surface area contributed by atoms with Crippen molar-refractivity contribution >= 4 is 17.6 Å². The van der Waals surface area contributed by atoms with Crippen molar-refractivity contribution < 1.29 is 19.1 Å². The summed E-state index contributed by atoms with van der Waals surface area (Å²) in [4.78, 5) is 32.2. The molecule has 3 amide bonds. The monoisotopic (exact) mass is 446 g/mol. The highest BCUT2D eigenvalue weighted by molar-refractivity contribution is 5.91. The predicted molar refractivity (Wildman–Crippen MR) is 125 cm³/mol.